The van der Waals surface area contributed by atoms with Gasteiger partial charge in [0.05, 0.1) is 29.4 Å². The molecule has 0 spiro atoms. The number of hydrogen-bond donors (Lipinski definition) is 0. The predicted molar refractivity (Wildman–Crippen MR) is 292 cm³/mol. The van der Waals surface area contributed by atoms with Crippen molar-refractivity contribution < 1.29 is 28.9 Å². The van der Waals surface area contributed by atoms with Crippen LogP contribution < -0.4 is 11.3 Å². The van der Waals surface area contributed by atoms with Crippen LogP contribution in [0.2, 0.25) is 0 Å². The molecule has 0 atom stereocenters. The van der Waals surface area contributed by atoms with Crippen molar-refractivity contribution in [2.45, 2.75) is 25.7 Å². The third-order valence-corrected chi connectivity index (χ3v) is 13.7. The molecule has 12 aromatic rings. The van der Waals surface area contributed by atoms with Crippen LogP contribution in [0.4, 0.5) is 0 Å². The molecular formula is C66H37IrN6O4. The minimum Gasteiger partial charge on any atom is -0.470 e. The van der Waals surface area contributed by atoms with E-state index in [0.717, 1.165) is 66.8 Å². The summed E-state index contributed by atoms with van der Waals surface area (Å²) >= 11 is 0. The van der Waals surface area contributed by atoms with E-state index in [-0.39, 0.29) is 42.4 Å². The average Bonchev–Trinajstić information content (AvgIpc) is 3.48. The number of hydrogen-bond acceptors (Lipinski definition) is 10. The third-order valence-electron chi connectivity index (χ3n) is 13.7. The van der Waals surface area contributed by atoms with Gasteiger partial charge in [0, 0.05) is 57.1 Å². The van der Waals surface area contributed by atoms with Crippen LogP contribution in [-0.2, 0) is 45.8 Å². The largest absolute Gasteiger partial charge is 3.00 e. The number of nitriles is 3. The summed E-state index contributed by atoms with van der Waals surface area (Å²) in [6.07, 6.45) is 7.73. The zero-order chi connectivity index (χ0) is 51.7. The van der Waals surface area contributed by atoms with Gasteiger partial charge in [0.15, 0.2) is 0 Å². The molecule has 0 aliphatic carbocycles. The number of rotatable bonds is 11. The maximum Gasteiger partial charge on any atom is 3.00 e. The Morgan fingerprint density at radius 1 is 0.442 bits per heavy atom. The zero-order valence-electron chi connectivity index (χ0n) is 40.7. The molecule has 0 aliphatic heterocycles. The summed E-state index contributed by atoms with van der Waals surface area (Å²) in [4.78, 5) is 41.2. The molecule has 5 aromatic heterocycles. The number of aryl methyl sites for hydroxylation is 4. The van der Waals surface area contributed by atoms with Crippen LogP contribution in [0.1, 0.15) is 38.9 Å². The van der Waals surface area contributed by atoms with Gasteiger partial charge in [0.2, 0.25) is 0 Å². The maximum absolute atomic E-state index is 13.4. The summed E-state index contributed by atoms with van der Waals surface area (Å²) in [5, 5.41) is 30.7. The smallest absolute Gasteiger partial charge is 0.470 e. The first kappa shape index (κ1) is 49.3. The molecule has 0 fully saturated rings. The SMILES string of the molecule is N#Cc1cc[c-]c(-c2cc(-c3ccc(-c4ccccc4)cc3)c(-c3ccccc3-c3cc(CCc4cnc5c(c4)c(=O)oc4c(C#N)cc[c-]c45)cc(CCc4cnc5c(c4)c(=O)oc4c(C#N)cc[c-]c45)c3)cn2)c1.[Ir+3]. The second kappa shape index (κ2) is 21.1. The molecule has 0 saturated heterocycles. The van der Waals surface area contributed by atoms with Crippen LogP contribution in [0.5, 0.6) is 0 Å². The van der Waals surface area contributed by atoms with Crippen molar-refractivity contribution in [1.82, 2.24) is 15.0 Å². The van der Waals surface area contributed by atoms with Crippen molar-refractivity contribution in [2.75, 3.05) is 0 Å². The molecule has 364 valence electrons. The fraction of sp³-hybridized carbons (Fsp3) is 0.0606. The number of fused-ring (bicyclic) bond motifs is 6. The quantitative estimate of drug-likeness (QED) is 0.0690. The van der Waals surface area contributed by atoms with Crippen LogP contribution in [0.3, 0.4) is 0 Å². The van der Waals surface area contributed by atoms with Gasteiger partial charge in [0.1, 0.15) is 0 Å². The minimum absolute atomic E-state index is 0. The van der Waals surface area contributed by atoms with Gasteiger partial charge in [0.25, 0.3) is 0 Å². The van der Waals surface area contributed by atoms with Gasteiger partial charge in [-0.3, -0.25) is 0 Å². The molecule has 0 amide bonds. The van der Waals surface area contributed by atoms with Crippen molar-refractivity contribution in [2.24, 2.45) is 0 Å². The van der Waals surface area contributed by atoms with E-state index in [2.05, 4.69) is 109 Å². The van der Waals surface area contributed by atoms with Gasteiger partial charge in [-0.05, 0) is 98.1 Å². The van der Waals surface area contributed by atoms with Gasteiger partial charge < -0.3 is 23.8 Å². The van der Waals surface area contributed by atoms with Crippen molar-refractivity contribution in [3.05, 3.63) is 254 Å². The Bertz CT molecular complexity index is 4400. The molecule has 12 rings (SSSR count). The van der Waals surface area contributed by atoms with Crippen molar-refractivity contribution >= 4 is 43.7 Å². The molecular weight excluding hydrogens is 1130 g/mol. The zero-order valence-corrected chi connectivity index (χ0v) is 43.1. The second-order valence-corrected chi connectivity index (χ2v) is 18.4. The Labute approximate surface area is 454 Å². The molecule has 0 N–H and O–H groups in total. The van der Waals surface area contributed by atoms with Crippen LogP contribution in [-0.4, -0.2) is 15.0 Å². The summed E-state index contributed by atoms with van der Waals surface area (Å²) in [5.41, 5.74) is 14.2. The molecule has 0 saturated carbocycles. The number of aromatic nitrogens is 3. The van der Waals surface area contributed by atoms with Gasteiger partial charge >= 0.3 is 31.4 Å². The van der Waals surface area contributed by atoms with E-state index in [1.54, 1.807) is 54.9 Å². The predicted octanol–water partition coefficient (Wildman–Crippen LogP) is 13.3. The van der Waals surface area contributed by atoms with Crippen molar-refractivity contribution in [1.29, 1.82) is 15.8 Å². The number of benzene rings is 7. The maximum atomic E-state index is 13.4. The summed E-state index contributed by atoms with van der Waals surface area (Å²) in [6.45, 7) is 0. The van der Waals surface area contributed by atoms with E-state index in [0.29, 0.717) is 75.1 Å². The van der Waals surface area contributed by atoms with Gasteiger partial charge in [-0.1, -0.05) is 126 Å². The topological polar surface area (TPSA) is 170 Å². The first-order valence-electron chi connectivity index (χ1n) is 24.5. The Kier molecular flexibility index (Phi) is 13.5. The summed E-state index contributed by atoms with van der Waals surface area (Å²) < 4.78 is 11.3. The standard InChI is InChI=1S/C66H37N6O4.Ir/c67-34-42-9-6-12-48(30-42)60-33-56(47-25-23-46(24-26-47)45-10-2-1-3-11-45)59(39-70-60)53-16-5-4-15-52(53)51-28-40(19-21-43-31-57-61(71-37-43)54-17-7-13-49(35-68)63(54)75-65(57)73)27-41(29-51)20-22-44-32-58-62(72-38-44)55-18-8-14-50(36-69)64(55)76-66(58)74;/h1-11,13-16,23-33,37-39H,19-22H2;/q-3;+3. The average molecular weight is 1170 g/mol. The first-order chi connectivity index (χ1) is 37.3. The molecule has 0 bridgehead atoms. The van der Waals surface area contributed by atoms with Gasteiger partial charge in [-0.25, -0.2) is 9.59 Å². The van der Waals surface area contributed by atoms with Gasteiger partial charge in [-0.15, -0.1) is 66.2 Å². The van der Waals surface area contributed by atoms with E-state index < -0.39 is 11.3 Å². The van der Waals surface area contributed by atoms with Crippen molar-refractivity contribution in [3.63, 3.8) is 0 Å². The molecule has 7 aromatic carbocycles. The number of nitrogens with zero attached hydrogens (tertiary/aromatic N) is 6. The summed E-state index contributed by atoms with van der Waals surface area (Å²) in [5.74, 6) is 0. The molecule has 0 radical (unpaired) electrons. The Morgan fingerprint density at radius 2 is 0.974 bits per heavy atom. The fourth-order valence-electron chi connectivity index (χ4n) is 9.97. The van der Waals surface area contributed by atoms with Crippen molar-refractivity contribution in [3.8, 4) is 74.0 Å². The van der Waals surface area contributed by atoms with E-state index >= 15 is 0 Å². The Morgan fingerprint density at radius 3 is 1.56 bits per heavy atom. The normalized spacial score (nSPS) is 11.0. The minimum atomic E-state index is -0.573. The molecule has 77 heavy (non-hydrogen) atoms. The van der Waals surface area contributed by atoms with E-state index in [9.17, 15) is 25.4 Å². The van der Waals surface area contributed by atoms with Crippen LogP contribution in [0.25, 0.3) is 99.5 Å². The van der Waals surface area contributed by atoms with Gasteiger partial charge in [-0.2, -0.15) is 15.8 Å². The second-order valence-electron chi connectivity index (χ2n) is 18.4. The Balaban J connectivity index is 0.00000631. The number of pyridine rings is 3. The van der Waals surface area contributed by atoms with E-state index in [4.69, 9.17) is 23.8 Å². The van der Waals surface area contributed by atoms with E-state index in [1.807, 2.05) is 48.7 Å². The van der Waals surface area contributed by atoms with Crippen LogP contribution >= 0.6 is 0 Å². The molecule has 11 heteroatoms. The molecule has 0 unspecified atom stereocenters. The van der Waals surface area contributed by atoms with Crippen LogP contribution in [0, 0.1) is 52.2 Å². The van der Waals surface area contributed by atoms with E-state index in [1.165, 1.54) is 0 Å². The summed E-state index contributed by atoms with van der Waals surface area (Å²) in [7, 11) is 0. The van der Waals surface area contributed by atoms with Crippen LogP contribution in [0.15, 0.2) is 195 Å². The Hall–Kier alpha value is -9.95. The molecule has 10 nitrogen and oxygen atoms in total. The fourth-order valence-corrected chi connectivity index (χ4v) is 9.97. The molecule has 0 aliphatic rings. The molecule has 5 heterocycles. The monoisotopic (exact) mass is 1170 g/mol. The third kappa shape index (κ3) is 9.59. The first-order valence-corrected chi connectivity index (χ1v) is 24.5. The summed E-state index contributed by atoms with van der Waals surface area (Å²) in [6, 6.07) is 66.9.